The molecule has 3 rings (SSSR count). The average molecular weight is 258 g/mol. The molecule has 0 spiro atoms. The summed E-state index contributed by atoms with van der Waals surface area (Å²) in [5, 5.41) is 0. The number of fused-ring (bicyclic) bond motifs is 1. The molecule has 1 heterocycles. The summed E-state index contributed by atoms with van der Waals surface area (Å²) in [6.45, 7) is 0.750. The number of rotatable bonds is 3. The highest BCUT2D eigenvalue weighted by atomic mass is 16.5. The number of benzene rings is 1. The van der Waals surface area contributed by atoms with Crippen molar-refractivity contribution in [2.45, 2.75) is 50.9 Å². The number of hydrogen-bond donors (Lipinski definition) is 0. The van der Waals surface area contributed by atoms with Crippen molar-refractivity contribution >= 4 is 5.78 Å². The van der Waals surface area contributed by atoms with Crippen LogP contribution in [0.3, 0.4) is 0 Å². The van der Waals surface area contributed by atoms with E-state index in [-0.39, 0.29) is 0 Å². The Morgan fingerprint density at radius 3 is 2.74 bits per heavy atom. The van der Waals surface area contributed by atoms with E-state index in [1.165, 1.54) is 24.8 Å². The van der Waals surface area contributed by atoms with Gasteiger partial charge in [-0.25, -0.2) is 0 Å². The van der Waals surface area contributed by atoms with Crippen LogP contribution in [0.2, 0.25) is 0 Å². The molecule has 1 atom stereocenters. The Hall–Kier alpha value is -1.31. The summed E-state index contributed by atoms with van der Waals surface area (Å²) in [6, 6.07) is 8.19. The molecule has 0 N–H and O–H groups in total. The fraction of sp³-hybridized carbons (Fsp3) is 0.588. The largest absolute Gasteiger partial charge is 0.493 e. The van der Waals surface area contributed by atoms with E-state index < -0.39 is 0 Å². The van der Waals surface area contributed by atoms with Crippen LogP contribution in [0, 0.1) is 5.92 Å². The van der Waals surface area contributed by atoms with Gasteiger partial charge in [-0.05, 0) is 36.8 Å². The van der Waals surface area contributed by atoms with Gasteiger partial charge in [0.2, 0.25) is 0 Å². The van der Waals surface area contributed by atoms with Crippen LogP contribution < -0.4 is 4.74 Å². The first-order valence-corrected chi connectivity index (χ1v) is 7.59. The average Bonchev–Trinajstić information content (AvgIpc) is 2.48. The smallest absolute Gasteiger partial charge is 0.136 e. The van der Waals surface area contributed by atoms with Gasteiger partial charge in [-0.15, -0.1) is 0 Å². The van der Waals surface area contributed by atoms with Crippen LogP contribution in [0.15, 0.2) is 24.3 Å². The zero-order chi connectivity index (χ0) is 13.1. The highest BCUT2D eigenvalue weighted by molar-refractivity contribution is 5.82. The molecule has 1 aliphatic carbocycles. The van der Waals surface area contributed by atoms with E-state index in [1.54, 1.807) is 0 Å². The maximum Gasteiger partial charge on any atom is 0.136 e. The normalized spacial score (nSPS) is 23.5. The molecule has 0 radical (unpaired) electrons. The van der Waals surface area contributed by atoms with Crippen LogP contribution in [0.5, 0.6) is 5.75 Å². The third-order valence-electron chi connectivity index (χ3n) is 4.59. The van der Waals surface area contributed by atoms with Gasteiger partial charge in [0.15, 0.2) is 0 Å². The van der Waals surface area contributed by atoms with Crippen LogP contribution in [-0.4, -0.2) is 12.4 Å². The summed E-state index contributed by atoms with van der Waals surface area (Å²) in [5.41, 5.74) is 1.23. The Morgan fingerprint density at radius 1 is 1.11 bits per heavy atom. The second-order valence-electron chi connectivity index (χ2n) is 5.88. The molecule has 2 nitrogen and oxygen atoms in total. The Bertz CT molecular complexity index is 446. The molecule has 1 fully saturated rings. The Morgan fingerprint density at radius 2 is 1.89 bits per heavy atom. The summed E-state index contributed by atoms with van der Waals surface area (Å²) in [4.78, 5) is 12.4. The van der Waals surface area contributed by atoms with Crippen LogP contribution in [0.1, 0.15) is 56.4 Å². The predicted molar refractivity (Wildman–Crippen MR) is 75.5 cm³/mol. The van der Waals surface area contributed by atoms with E-state index >= 15 is 0 Å². The zero-order valence-corrected chi connectivity index (χ0v) is 11.4. The van der Waals surface area contributed by atoms with Crippen LogP contribution in [0.4, 0.5) is 0 Å². The lowest BCUT2D eigenvalue weighted by Crippen LogP contribution is -2.22. The lowest BCUT2D eigenvalue weighted by atomic mass is 9.80. The highest BCUT2D eigenvalue weighted by Crippen LogP contribution is 2.37. The van der Waals surface area contributed by atoms with Crippen molar-refractivity contribution < 1.29 is 9.53 Å². The second-order valence-corrected chi connectivity index (χ2v) is 5.88. The molecule has 1 aromatic carbocycles. The summed E-state index contributed by atoms with van der Waals surface area (Å²) < 4.78 is 5.67. The van der Waals surface area contributed by atoms with Crippen LogP contribution >= 0.6 is 0 Å². The fourth-order valence-electron chi connectivity index (χ4n) is 3.46. The standard InChI is InChI=1S/C17H22O2/c18-16(13-6-2-1-3-7-13)12-14-10-11-19-17-9-5-4-8-15(14)17/h4-5,8-9,13-14H,1-3,6-7,10-12H2. The lowest BCUT2D eigenvalue weighted by Gasteiger charge is -2.27. The first-order valence-electron chi connectivity index (χ1n) is 7.59. The Kier molecular flexibility index (Phi) is 3.86. The highest BCUT2D eigenvalue weighted by Gasteiger charge is 2.27. The van der Waals surface area contributed by atoms with Crippen LogP contribution in [-0.2, 0) is 4.79 Å². The molecule has 1 aromatic rings. The van der Waals surface area contributed by atoms with E-state index in [4.69, 9.17) is 4.74 Å². The Balaban J connectivity index is 1.68. The molecule has 19 heavy (non-hydrogen) atoms. The molecular formula is C17H22O2. The fourth-order valence-corrected chi connectivity index (χ4v) is 3.46. The minimum Gasteiger partial charge on any atom is -0.493 e. The predicted octanol–water partition coefficient (Wildman–Crippen LogP) is 4.09. The number of hydrogen-bond acceptors (Lipinski definition) is 2. The number of para-hydroxylation sites is 1. The minimum atomic E-state index is 0.337. The van der Waals surface area contributed by atoms with Gasteiger partial charge in [0.25, 0.3) is 0 Å². The van der Waals surface area contributed by atoms with Crippen molar-refractivity contribution in [1.82, 2.24) is 0 Å². The van der Waals surface area contributed by atoms with Crippen molar-refractivity contribution in [1.29, 1.82) is 0 Å². The first kappa shape index (κ1) is 12.7. The third-order valence-corrected chi connectivity index (χ3v) is 4.59. The van der Waals surface area contributed by atoms with E-state index in [9.17, 15) is 4.79 Å². The maximum atomic E-state index is 12.4. The summed E-state index contributed by atoms with van der Waals surface area (Å²) >= 11 is 0. The Labute approximate surface area is 115 Å². The van der Waals surface area contributed by atoms with Crippen molar-refractivity contribution in [2.24, 2.45) is 5.92 Å². The molecule has 0 amide bonds. The topological polar surface area (TPSA) is 26.3 Å². The molecule has 0 saturated heterocycles. The molecule has 102 valence electrons. The van der Waals surface area contributed by atoms with Gasteiger partial charge in [-0.2, -0.15) is 0 Å². The molecule has 2 heteroatoms. The molecule has 2 aliphatic rings. The quantitative estimate of drug-likeness (QED) is 0.816. The van der Waals surface area contributed by atoms with Crippen LogP contribution in [0.25, 0.3) is 0 Å². The molecule has 1 aliphatic heterocycles. The molecule has 1 saturated carbocycles. The van der Waals surface area contributed by atoms with Gasteiger partial charge in [0.05, 0.1) is 6.61 Å². The third kappa shape index (κ3) is 2.83. The van der Waals surface area contributed by atoms with Gasteiger partial charge in [0, 0.05) is 12.3 Å². The van der Waals surface area contributed by atoms with Gasteiger partial charge in [-0.1, -0.05) is 37.5 Å². The van der Waals surface area contributed by atoms with Gasteiger partial charge in [0.1, 0.15) is 11.5 Å². The van der Waals surface area contributed by atoms with Crippen molar-refractivity contribution in [2.75, 3.05) is 6.61 Å². The lowest BCUT2D eigenvalue weighted by molar-refractivity contribution is -0.124. The number of carbonyl (C=O) groups excluding carboxylic acids is 1. The van der Waals surface area contributed by atoms with Gasteiger partial charge >= 0.3 is 0 Å². The van der Waals surface area contributed by atoms with Gasteiger partial charge < -0.3 is 4.74 Å². The minimum absolute atomic E-state index is 0.337. The monoisotopic (exact) mass is 258 g/mol. The number of ether oxygens (including phenoxy) is 1. The summed E-state index contributed by atoms with van der Waals surface area (Å²) in [5.74, 6) is 2.18. The van der Waals surface area contributed by atoms with E-state index in [2.05, 4.69) is 6.07 Å². The summed E-state index contributed by atoms with van der Waals surface area (Å²) in [7, 11) is 0. The number of ketones is 1. The molecular weight excluding hydrogens is 236 g/mol. The summed E-state index contributed by atoms with van der Waals surface area (Å²) in [6.07, 6.45) is 7.71. The number of carbonyl (C=O) groups is 1. The first-order chi connectivity index (χ1) is 9.34. The maximum absolute atomic E-state index is 12.4. The van der Waals surface area contributed by atoms with Crippen molar-refractivity contribution in [3.63, 3.8) is 0 Å². The SMILES string of the molecule is O=C(CC1CCOc2ccccc21)C1CCCCC1. The van der Waals surface area contributed by atoms with E-state index in [1.807, 2.05) is 18.2 Å². The van der Waals surface area contributed by atoms with E-state index in [0.29, 0.717) is 24.0 Å². The number of Topliss-reactive ketones (excluding diaryl/α,β-unsaturated/α-hetero) is 1. The molecule has 1 unspecified atom stereocenters. The zero-order valence-electron chi connectivity index (χ0n) is 11.4. The van der Waals surface area contributed by atoms with Gasteiger partial charge in [-0.3, -0.25) is 4.79 Å². The van der Waals surface area contributed by atoms with Crippen molar-refractivity contribution in [3.05, 3.63) is 29.8 Å². The van der Waals surface area contributed by atoms with E-state index in [0.717, 1.165) is 31.6 Å². The molecule has 0 bridgehead atoms. The second kappa shape index (κ2) is 5.77. The molecule has 0 aromatic heterocycles. The van der Waals surface area contributed by atoms with Crippen molar-refractivity contribution in [3.8, 4) is 5.75 Å².